The largest absolute Gasteiger partial charge is 0.497 e. The van der Waals surface area contributed by atoms with E-state index in [1.54, 1.807) is 38.1 Å². The van der Waals surface area contributed by atoms with Gasteiger partial charge < -0.3 is 15.4 Å². The third kappa shape index (κ3) is 7.28. The van der Waals surface area contributed by atoms with Gasteiger partial charge in [-0.25, -0.2) is 4.98 Å². The molecule has 2 N–H and O–H groups in total. The Labute approximate surface area is 192 Å². The van der Waals surface area contributed by atoms with Crippen LogP contribution in [0.4, 0.5) is 5.69 Å². The van der Waals surface area contributed by atoms with E-state index < -0.39 is 6.04 Å². The molecule has 3 aromatic rings. The summed E-state index contributed by atoms with van der Waals surface area (Å²) < 4.78 is 5.11. The molecular weight excluding hydrogens is 422 g/mol. The number of thioether (sulfide) groups is 1. The van der Waals surface area contributed by atoms with E-state index in [2.05, 4.69) is 15.6 Å². The maximum Gasteiger partial charge on any atom is 0.246 e. The normalized spacial score (nSPS) is 11.7. The number of benzene rings is 2. The number of aromatic nitrogens is 1. The SMILES string of the molecule is COc1ccc(/C=C/C(=O)NC(C)C(=O)Nc2cccc(CSc3ccccn3)c2)cc1. The second kappa shape index (κ2) is 11.7. The monoisotopic (exact) mass is 447 g/mol. The lowest BCUT2D eigenvalue weighted by atomic mass is 10.2. The van der Waals surface area contributed by atoms with Gasteiger partial charge in [-0.3, -0.25) is 9.59 Å². The number of nitrogens with one attached hydrogen (secondary N) is 2. The summed E-state index contributed by atoms with van der Waals surface area (Å²) in [5.41, 5.74) is 2.61. The Morgan fingerprint density at radius 2 is 1.91 bits per heavy atom. The Hall–Kier alpha value is -3.58. The summed E-state index contributed by atoms with van der Waals surface area (Å²) in [7, 11) is 1.60. The molecule has 0 bridgehead atoms. The van der Waals surface area contributed by atoms with Crippen LogP contribution in [0.2, 0.25) is 0 Å². The molecule has 1 heterocycles. The smallest absolute Gasteiger partial charge is 0.246 e. The van der Waals surface area contributed by atoms with Gasteiger partial charge in [-0.15, -0.1) is 11.8 Å². The Morgan fingerprint density at radius 3 is 2.62 bits per heavy atom. The standard InChI is InChI=1S/C25H25N3O3S/c1-18(27-23(29)14-11-19-9-12-22(31-2)13-10-19)25(30)28-21-7-5-6-20(16-21)17-32-24-8-3-4-15-26-24/h3-16,18H,17H2,1-2H3,(H,27,29)(H,28,30)/b14-11+. The van der Waals surface area contributed by atoms with Gasteiger partial charge in [0.25, 0.3) is 0 Å². The molecule has 164 valence electrons. The van der Waals surface area contributed by atoms with Gasteiger partial charge in [0.2, 0.25) is 11.8 Å². The van der Waals surface area contributed by atoms with Crippen molar-refractivity contribution in [3.63, 3.8) is 0 Å². The third-order valence-corrected chi connectivity index (χ3v) is 5.53. The molecule has 7 heteroatoms. The van der Waals surface area contributed by atoms with Crippen molar-refractivity contribution in [2.75, 3.05) is 12.4 Å². The van der Waals surface area contributed by atoms with Crippen molar-refractivity contribution < 1.29 is 14.3 Å². The fourth-order valence-electron chi connectivity index (χ4n) is 2.79. The summed E-state index contributed by atoms with van der Waals surface area (Å²) in [6.45, 7) is 1.65. The predicted octanol–water partition coefficient (Wildman–Crippen LogP) is 4.54. The fraction of sp³-hybridized carbons (Fsp3) is 0.160. The summed E-state index contributed by atoms with van der Waals surface area (Å²) >= 11 is 1.63. The van der Waals surface area contributed by atoms with E-state index in [1.807, 2.05) is 66.7 Å². The molecule has 1 unspecified atom stereocenters. The third-order valence-electron chi connectivity index (χ3n) is 4.51. The zero-order valence-electron chi connectivity index (χ0n) is 17.9. The molecule has 0 fully saturated rings. The number of pyridine rings is 1. The number of anilines is 1. The van der Waals surface area contributed by atoms with Crippen molar-refractivity contribution in [3.8, 4) is 5.75 Å². The van der Waals surface area contributed by atoms with Crippen LogP contribution in [0.15, 0.2) is 84.0 Å². The molecule has 0 saturated heterocycles. The van der Waals surface area contributed by atoms with E-state index in [-0.39, 0.29) is 11.8 Å². The first kappa shape index (κ1) is 23.1. The predicted molar refractivity (Wildman–Crippen MR) is 129 cm³/mol. The highest BCUT2D eigenvalue weighted by molar-refractivity contribution is 7.98. The van der Waals surface area contributed by atoms with E-state index in [4.69, 9.17) is 4.74 Å². The molecule has 1 atom stereocenters. The second-order valence-electron chi connectivity index (χ2n) is 6.98. The molecule has 3 rings (SSSR count). The van der Waals surface area contributed by atoms with E-state index >= 15 is 0 Å². The van der Waals surface area contributed by atoms with E-state index in [0.29, 0.717) is 5.69 Å². The van der Waals surface area contributed by atoms with Crippen molar-refractivity contribution in [1.82, 2.24) is 10.3 Å². The molecule has 0 aliphatic heterocycles. The van der Waals surface area contributed by atoms with Gasteiger partial charge in [-0.05, 0) is 60.5 Å². The average molecular weight is 448 g/mol. The number of rotatable bonds is 9. The zero-order valence-corrected chi connectivity index (χ0v) is 18.8. The molecule has 0 radical (unpaired) electrons. The molecule has 0 saturated carbocycles. The number of carbonyl (C=O) groups is 2. The molecule has 1 aromatic heterocycles. The first-order valence-corrected chi connectivity index (χ1v) is 11.1. The summed E-state index contributed by atoms with van der Waals surface area (Å²) in [4.78, 5) is 29.0. The fourth-order valence-corrected chi connectivity index (χ4v) is 3.60. The molecule has 2 amide bonds. The Morgan fingerprint density at radius 1 is 1.09 bits per heavy atom. The van der Waals surface area contributed by atoms with Gasteiger partial charge in [-0.2, -0.15) is 0 Å². The number of carbonyl (C=O) groups excluding carboxylic acids is 2. The highest BCUT2D eigenvalue weighted by Crippen LogP contribution is 2.22. The Bertz CT molecular complexity index is 1070. The van der Waals surface area contributed by atoms with Gasteiger partial charge in [0, 0.05) is 23.7 Å². The second-order valence-corrected chi connectivity index (χ2v) is 7.98. The van der Waals surface area contributed by atoms with Crippen molar-refractivity contribution in [3.05, 3.63) is 90.1 Å². The van der Waals surface area contributed by atoms with Gasteiger partial charge >= 0.3 is 0 Å². The van der Waals surface area contributed by atoms with Crippen molar-refractivity contribution >= 4 is 35.3 Å². The minimum absolute atomic E-state index is 0.286. The van der Waals surface area contributed by atoms with Crippen LogP contribution < -0.4 is 15.4 Å². The van der Waals surface area contributed by atoms with E-state index in [0.717, 1.165) is 27.7 Å². The molecule has 32 heavy (non-hydrogen) atoms. The lowest BCUT2D eigenvalue weighted by Gasteiger charge is -2.13. The van der Waals surface area contributed by atoms with Crippen LogP contribution in [0, 0.1) is 0 Å². The minimum Gasteiger partial charge on any atom is -0.497 e. The van der Waals surface area contributed by atoms with Gasteiger partial charge in [0.05, 0.1) is 12.1 Å². The topological polar surface area (TPSA) is 80.3 Å². The van der Waals surface area contributed by atoms with Gasteiger partial charge in [0.1, 0.15) is 11.8 Å². The van der Waals surface area contributed by atoms with Crippen molar-refractivity contribution in [2.45, 2.75) is 23.7 Å². The van der Waals surface area contributed by atoms with E-state index in [9.17, 15) is 9.59 Å². The first-order valence-electron chi connectivity index (χ1n) is 10.1. The van der Waals surface area contributed by atoms with Crippen LogP contribution in [0.25, 0.3) is 6.08 Å². The van der Waals surface area contributed by atoms with Crippen LogP contribution in [0.3, 0.4) is 0 Å². The lowest BCUT2D eigenvalue weighted by molar-refractivity contribution is -0.123. The van der Waals surface area contributed by atoms with E-state index in [1.165, 1.54) is 6.08 Å². The summed E-state index contributed by atoms with van der Waals surface area (Å²) in [6.07, 6.45) is 4.85. The highest BCUT2D eigenvalue weighted by atomic mass is 32.2. The van der Waals surface area contributed by atoms with Crippen LogP contribution in [-0.4, -0.2) is 29.9 Å². The summed E-state index contributed by atoms with van der Waals surface area (Å²) in [6, 6.07) is 20.1. The average Bonchev–Trinajstić information content (AvgIpc) is 2.82. The number of hydrogen-bond donors (Lipinski definition) is 2. The zero-order chi connectivity index (χ0) is 22.8. The number of ether oxygens (including phenoxy) is 1. The maximum atomic E-state index is 12.5. The highest BCUT2D eigenvalue weighted by Gasteiger charge is 2.14. The maximum absolute atomic E-state index is 12.5. The van der Waals surface area contributed by atoms with Crippen molar-refractivity contribution in [1.29, 1.82) is 0 Å². The van der Waals surface area contributed by atoms with Gasteiger partial charge in [-0.1, -0.05) is 30.3 Å². The quantitative estimate of drug-likeness (QED) is 0.372. The number of hydrogen-bond acceptors (Lipinski definition) is 5. The molecule has 6 nitrogen and oxygen atoms in total. The molecule has 0 aliphatic rings. The minimum atomic E-state index is -0.686. The van der Waals surface area contributed by atoms with Crippen LogP contribution >= 0.6 is 11.8 Å². The Kier molecular flexibility index (Phi) is 8.45. The van der Waals surface area contributed by atoms with Crippen LogP contribution in [0.1, 0.15) is 18.1 Å². The summed E-state index contributed by atoms with van der Waals surface area (Å²) in [5, 5.41) is 6.48. The molecule has 2 aromatic carbocycles. The molecule has 0 aliphatic carbocycles. The van der Waals surface area contributed by atoms with Crippen LogP contribution in [0.5, 0.6) is 5.75 Å². The number of methoxy groups -OCH3 is 1. The van der Waals surface area contributed by atoms with Gasteiger partial charge in [0.15, 0.2) is 0 Å². The number of nitrogens with zero attached hydrogens (tertiary/aromatic N) is 1. The Balaban J connectivity index is 1.50. The van der Waals surface area contributed by atoms with Crippen molar-refractivity contribution in [2.24, 2.45) is 0 Å². The lowest BCUT2D eigenvalue weighted by Crippen LogP contribution is -2.40. The van der Waals surface area contributed by atoms with Crippen LogP contribution in [-0.2, 0) is 15.3 Å². The summed E-state index contributed by atoms with van der Waals surface area (Å²) in [5.74, 6) is 0.856. The molecular formula is C25H25N3O3S. The number of amides is 2. The first-order chi connectivity index (χ1) is 15.5. The molecule has 0 spiro atoms.